The summed E-state index contributed by atoms with van der Waals surface area (Å²) >= 11 is 0. The van der Waals surface area contributed by atoms with Crippen LogP contribution in [-0.4, -0.2) is 12.2 Å². The smallest absolute Gasteiger partial charge is 0.317 e. The lowest BCUT2D eigenvalue weighted by Gasteiger charge is -2.14. The van der Waals surface area contributed by atoms with Crippen LogP contribution in [0.5, 0.6) is 0 Å². The lowest BCUT2D eigenvalue weighted by atomic mass is 10.1. The van der Waals surface area contributed by atoms with E-state index in [0.29, 0.717) is 0 Å². The van der Waals surface area contributed by atoms with Gasteiger partial charge in [-0.05, 0) is 6.92 Å². The van der Waals surface area contributed by atoms with E-state index in [9.17, 15) is 13.2 Å². The maximum atomic E-state index is 11.5. The number of rotatable bonds is 1. The predicted molar refractivity (Wildman–Crippen MR) is 28.8 cm³/mol. The molecule has 54 valence electrons. The van der Waals surface area contributed by atoms with Crippen LogP contribution < -0.4 is 5.73 Å². The first-order valence-electron chi connectivity index (χ1n) is 2.33. The van der Waals surface area contributed by atoms with E-state index < -0.39 is 12.2 Å². The van der Waals surface area contributed by atoms with Crippen LogP contribution in [0.3, 0.4) is 0 Å². The monoisotopic (exact) mass is 139 g/mol. The molecule has 1 unspecified atom stereocenters. The maximum absolute atomic E-state index is 11.5. The fourth-order valence-electron chi connectivity index (χ4n) is 0.279. The molecule has 0 amide bonds. The Morgan fingerprint density at radius 3 is 1.89 bits per heavy atom. The second-order valence-corrected chi connectivity index (χ2v) is 1.87. The number of hydrogen-bond donors (Lipinski definition) is 1. The fourth-order valence-corrected chi connectivity index (χ4v) is 0.279. The van der Waals surface area contributed by atoms with Crippen molar-refractivity contribution in [3.05, 3.63) is 12.2 Å². The molecule has 2 N–H and O–H groups in total. The number of alkyl halides is 3. The van der Waals surface area contributed by atoms with Crippen LogP contribution in [0.25, 0.3) is 0 Å². The van der Waals surface area contributed by atoms with E-state index in [0.717, 1.165) is 0 Å². The molecule has 0 aliphatic carbocycles. The van der Waals surface area contributed by atoms with Gasteiger partial charge in [0.25, 0.3) is 0 Å². The molecule has 0 saturated carbocycles. The third-order valence-electron chi connectivity index (χ3n) is 0.884. The molecule has 1 nitrogen and oxygen atoms in total. The molecule has 0 aromatic carbocycles. The van der Waals surface area contributed by atoms with Crippen molar-refractivity contribution < 1.29 is 13.2 Å². The zero-order valence-electron chi connectivity index (χ0n) is 5.00. The van der Waals surface area contributed by atoms with Gasteiger partial charge in [0.2, 0.25) is 0 Å². The van der Waals surface area contributed by atoms with E-state index >= 15 is 0 Å². The van der Waals surface area contributed by atoms with E-state index in [1.165, 1.54) is 6.92 Å². The van der Waals surface area contributed by atoms with E-state index in [2.05, 4.69) is 12.3 Å². The van der Waals surface area contributed by atoms with E-state index in [1.807, 2.05) is 0 Å². The topological polar surface area (TPSA) is 26.0 Å². The average Bonchev–Trinajstić information content (AvgIpc) is 1.62. The van der Waals surface area contributed by atoms with Gasteiger partial charge < -0.3 is 5.73 Å². The molecule has 0 rings (SSSR count). The first-order valence-corrected chi connectivity index (χ1v) is 2.33. The molecule has 0 aromatic rings. The Balaban J connectivity index is 4.04. The van der Waals surface area contributed by atoms with Crippen LogP contribution >= 0.6 is 0 Å². The van der Waals surface area contributed by atoms with E-state index in [4.69, 9.17) is 0 Å². The van der Waals surface area contributed by atoms with E-state index in [1.54, 1.807) is 0 Å². The molecular weight excluding hydrogens is 131 g/mol. The molecule has 0 saturated heterocycles. The molecule has 1 atom stereocenters. The molecule has 0 aliphatic rings. The summed E-state index contributed by atoms with van der Waals surface area (Å²) < 4.78 is 34.5. The highest BCUT2D eigenvalue weighted by atomic mass is 19.4. The van der Waals surface area contributed by atoms with Gasteiger partial charge >= 0.3 is 6.18 Å². The second kappa shape index (κ2) is 2.39. The highest BCUT2D eigenvalue weighted by molar-refractivity contribution is 5.03. The van der Waals surface area contributed by atoms with Gasteiger partial charge in [-0.25, -0.2) is 0 Å². The van der Waals surface area contributed by atoms with Gasteiger partial charge in [-0.1, -0.05) is 12.2 Å². The highest BCUT2D eigenvalue weighted by Gasteiger charge is 2.36. The molecule has 0 bridgehead atoms. The first-order chi connectivity index (χ1) is 3.85. The Morgan fingerprint density at radius 1 is 1.56 bits per heavy atom. The third-order valence-corrected chi connectivity index (χ3v) is 0.884. The van der Waals surface area contributed by atoms with Crippen molar-refractivity contribution in [2.75, 3.05) is 0 Å². The summed E-state index contributed by atoms with van der Waals surface area (Å²) in [4.78, 5) is 0. The zero-order valence-corrected chi connectivity index (χ0v) is 5.00. The Morgan fingerprint density at radius 2 is 1.89 bits per heavy atom. The van der Waals surface area contributed by atoms with Crippen LogP contribution in [-0.2, 0) is 0 Å². The molecule has 0 radical (unpaired) electrons. The van der Waals surface area contributed by atoms with Crippen molar-refractivity contribution in [1.29, 1.82) is 0 Å². The Labute approximate surface area is 51.3 Å². The second-order valence-electron chi connectivity index (χ2n) is 1.87. The Hall–Kier alpha value is -0.510. The van der Waals surface area contributed by atoms with Crippen molar-refractivity contribution in [3.63, 3.8) is 0 Å². The van der Waals surface area contributed by atoms with Crippen molar-refractivity contribution in [1.82, 2.24) is 0 Å². The number of nitrogens with two attached hydrogens (primary N) is 1. The van der Waals surface area contributed by atoms with Crippen LogP contribution in [0.1, 0.15) is 6.92 Å². The van der Waals surface area contributed by atoms with E-state index in [-0.39, 0.29) is 5.57 Å². The highest BCUT2D eigenvalue weighted by Crippen LogP contribution is 2.21. The molecule has 9 heavy (non-hydrogen) atoms. The van der Waals surface area contributed by atoms with Crippen LogP contribution in [0.15, 0.2) is 12.2 Å². The molecule has 0 heterocycles. The largest absolute Gasteiger partial charge is 0.407 e. The lowest BCUT2D eigenvalue weighted by Crippen LogP contribution is -2.37. The molecule has 0 spiro atoms. The summed E-state index contributed by atoms with van der Waals surface area (Å²) in [6, 6.07) is -1.88. The molecule has 0 fully saturated rings. The van der Waals surface area contributed by atoms with Gasteiger partial charge in [-0.2, -0.15) is 13.2 Å². The van der Waals surface area contributed by atoms with Crippen LogP contribution in [0.2, 0.25) is 0 Å². The van der Waals surface area contributed by atoms with Crippen LogP contribution in [0, 0.1) is 0 Å². The standard InChI is InChI=1S/C5H8F3N/c1-3(2)4(9)5(6,7)8/h4H,1,9H2,2H3. The maximum Gasteiger partial charge on any atom is 0.407 e. The third kappa shape index (κ3) is 2.51. The van der Waals surface area contributed by atoms with Gasteiger partial charge in [-0.3, -0.25) is 0 Å². The lowest BCUT2D eigenvalue weighted by molar-refractivity contribution is -0.139. The summed E-state index contributed by atoms with van der Waals surface area (Å²) in [5, 5.41) is 0. The van der Waals surface area contributed by atoms with Crippen molar-refractivity contribution in [3.8, 4) is 0 Å². The number of halogens is 3. The molecular formula is C5H8F3N. The minimum Gasteiger partial charge on any atom is -0.317 e. The fraction of sp³-hybridized carbons (Fsp3) is 0.600. The summed E-state index contributed by atoms with van der Waals surface area (Å²) in [5.74, 6) is 0. The summed E-state index contributed by atoms with van der Waals surface area (Å²) in [7, 11) is 0. The minimum absolute atomic E-state index is 0.0671. The van der Waals surface area contributed by atoms with Gasteiger partial charge in [0.1, 0.15) is 6.04 Å². The van der Waals surface area contributed by atoms with Gasteiger partial charge in [0, 0.05) is 0 Å². The van der Waals surface area contributed by atoms with Gasteiger partial charge in [0.05, 0.1) is 0 Å². The summed E-state index contributed by atoms with van der Waals surface area (Å²) in [6.45, 7) is 4.32. The zero-order chi connectivity index (χ0) is 7.65. The summed E-state index contributed by atoms with van der Waals surface area (Å²) in [5.41, 5.74) is 4.60. The molecule has 4 heteroatoms. The first kappa shape index (κ1) is 8.49. The Kier molecular flexibility index (Phi) is 2.25. The quantitative estimate of drug-likeness (QED) is 0.546. The SMILES string of the molecule is C=C(C)C(N)C(F)(F)F. The van der Waals surface area contributed by atoms with Crippen molar-refractivity contribution >= 4 is 0 Å². The average molecular weight is 139 g/mol. The molecule has 0 aliphatic heterocycles. The predicted octanol–water partition coefficient (Wildman–Crippen LogP) is 1.45. The minimum atomic E-state index is -4.34. The Bertz CT molecular complexity index is 116. The van der Waals surface area contributed by atoms with Crippen LogP contribution in [0.4, 0.5) is 13.2 Å². The van der Waals surface area contributed by atoms with Crippen molar-refractivity contribution in [2.24, 2.45) is 5.73 Å². The van der Waals surface area contributed by atoms with Crippen molar-refractivity contribution in [2.45, 2.75) is 19.1 Å². The van der Waals surface area contributed by atoms with Gasteiger partial charge in [-0.15, -0.1) is 0 Å². The summed E-state index contributed by atoms with van der Waals surface area (Å²) in [6.07, 6.45) is -4.34. The normalized spacial score (nSPS) is 15.2. The number of hydrogen-bond acceptors (Lipinski definition) is 1. The molecule has 0 aromatic heterocycles. The van der Waals surface area contributed by atoms with Gasteiger partial charge in [0.15, 0.2) is 0 Å².